The molecule has 0 bridgehead atoms. The third-order valence-corrected chi connectivity index (χ3v) is 4.36. The van der Waals surface area contributed by atoms with Crippen LogP contribution in [0.3, 0.4) is 0 Å². The Morgan fingerprint density at radius 1 is 1.24 bits per heavy atom. The Labute approximate surface area is 146 Å². The van der Waals surface area contributed by atoms with Gasteiger partial charge in [0.2, 0.25) is 5.91 Å². The van der Waals surface area contributed by atoms with Crippen molar-refractivity contribution in [2.45, 2.75) is 43.9 Å². The van der Waals surface area contributed by atoms with E-state index in [2.05, 4.69) is 5.32 Å². The summed E-state index contributed by atoms with van der Waals surface area (Å²) in [5.41, 5.74) is 0.802. The molecule has 8 nitrogen and oxygen atoms in total. The van der Waals surface area contributed by atoms with Crippen molar-refractivity contribution in [1.82, 2.24) is 5.32 Å². The predicted molar refractivity (Wildman–Crippen MR) is 85.8 cm³/mol. The molecule has 2 aliphatic rings. The maximum atomic E-state index is 11.4. The van der Waals surface area contributed by atoms with Gasteiger partial charge in [0.1, 0.15) is 30.1 Å². The van der Waals surface area contributed by atoms with Crippen molar-refractivity contribution in [2.75, 3.05) is 20.8 Å². The lowest BCUT2D eigenvalue weighted by molar-refractivity contribution is -0.341. The number of methoxy groups -OCH3 is 2. The molecule has 2 heterocycles. The number of nitrogens with one attached hydrogen (secondary N) is 1. The lowest BCUT2D eigenvalue weighted by Gasteiger charge is -2.47. The number of hydrogen-bond acceptors (Lipinski definition) is 7. The smallest absolute Gasteiger partial charge is 0.217 e. The van der Waals surface area contributed by atoms with Crippen LogP contribution in [0.2, 0.25) is 0 Å². The fourth-order valence-electron chi connectivity index (χ4n) is 3.11. The molecule has 0 spiro atoms. The van der Waals surface area contributed by atoms with Gasteiger partial charge in [0.15, 0.2) is 12.6 Å². The minimum Gasteiger partial charge on any atom is -0.497 e. The van der Waals surface area contributed by atoms with E-state index in [1.807, 2.05) is 24.3 Å². The summed E-state index contributed by atoms with van der Waals surface area (Å²) in [5.74, 6) is 0.444. The number of rotatable bonds is 4. The van der Waals surface area contributed by atoms with E-state index in [9.17, 15) is 9.90 Å². The quantitative estimate of drug-likeness (QED) is 0.806. The van der Waals surface area contributed by atoms with Gasteiger partial charge in [-0.3, -0.25) is 4.79 Å². The average molecular weight is 353 g/mol. The molecule has 1 aromatic rings. The predicted octanol–water partition coefficient (Wildman–Crippen LogP) is 0.346. The molecule has 0 aromatic heterocycles. The van der Waals surface area contributed by atoms with E-state index in [4.69, 9.17) is 23.7 Å². The normalized spacial score (nSPS) is 34.9. The number of benzene rings is 1. The van der Waals surface area contributed by atoms with Crippen LogP contribution < -0.4 is 10.1 Å². The average Bonchev–Trinajstić information content (AvgIpc) is 2.63. The van der Waals surface area contributed by atoms with Gasteiger partial charge in [-0.05, 0) is 12.1 Å². The molecule has 2 saturated heterocycles. The van der Waals surface area contributed by atoms with Gasteiger partial charge >= 0.3 is 0 Å². The summed E-state index contributed by atoms with van der Waals surface area (Å²) in [6.07, 6.45) is -3.53. The highest BCUT2D eigenvalue weighted by molar-refractivity contribution is 5.73. The summed E-state index contributed by atoms with van der Waals surface area (Å²) in [4.78, 5) is 11.4. The maximum absolute atomic E-state index is 11.4. The Balaban J connectivity index is 1.74. The van der Waals surface area contributed by atoms with Crippen LogP contribution in [0.25, 0.3) is 0 Å². The van der Waals surface area contributed by atoms with Gasteiger partial charge in [-0.1, -0.05) is 12.1 Å². The van der Waals surface area contributed by atoms with Crippen LogP contribution in [-0.2, 0) is 23.7 Å². The zero-order valence-corrected chi connectivity index (χ0v) is 14.4. The third kappa shape index (κ3) is 3.78. The highest BCUT2D eigenvalue weighted by Crippen LogP contribution is 2.34. The number of aliphatic hydroxyl groups excluding tert-OH is 1. The van der Waals surface area contributed by atoms with Crippen molar-refractivity contribution in [3.8, 4) is 5.75 Å². The first-order valence-electron chi connectivity index (χ1n) is 8.08. The van der Waals surface area contributed by atoms with Gasteiger partial charge in [0.25, 0.3) is 0 Å². The number of carbonyl (C=O) groups excluding carboxylic acids is 1. The van der Waals surface area contributed by atoms with Crippen molar-refractivity contribution in [3.63, 3.8) is 0 Å². The van der Waals surface area contributed by atoms with Crippen LogP contribution in [0.15, 0.2) is 24.3 Å². The van der Waals surface area contributed by atoms with Crippen molar-refractivity contribution in [2.24, 2.45) is 0 Å². The van der Waals surface area contributed by atoms with E-state index in [0.29, 0.717) is 0 Å². The van der Waals surface area contributed by atoms with Crippen LogP contribution in [0.5, 0.6) is 5.75 Å². The summed E-state index contributed by atoms with van der Waals surface area (Å²) in [6, 6.07) is 6.57. The number of amides is 1. The van der Waals surface area contributed by atoms with Gasteiger partial charge in [-0.25, -0.2) is 0 Å². The van der Waals surface area contributed by atoms with Crippen LogP contribution in [-0.4, -0.2) is 62.5 Å². The molecule has 25 heavy (non-hydrogen) atoms. The van der Waals surface area contributed by atoms with Gasteiger partial charge in [0.05, 0.1) is 13.7 Å². The van der Waals surface area contributed by atoms with Gasteiger partial charge in [0, 0.05) is 19.6 Å². The molecule has 1 aromatic carbocycles. The summed E-state index contributed by atoms with van der Waals surface area (Å²) >= 11 is 0. The Kier molecular flexibility index (Phi) is 5.55. The number of carbonyl (C=O) groups is 1. The van der Waals surface area contributed by atoms with E-state index in [1.165, 1.54) is 14.0 Å². The second-order valence-corrected chi connectivity index (χ2v) is 6.03. The lowest BCUT2D eigenvalue weighted by Crippen LogP contribution is -2.66. The SMILES string of the molecule is COc1ccc([C@@H]2OC[C@@H]3O[C@H](OC)[C@@H](NC(C)=O)[C@@H](O)[C@H]3O2)cc1. The first-order chi connectivity index (χ1) is 12.0. The van der Waals surface area contributed by atoms with Crippen LogP contribution in [0.4, 0.5) is 0 Å². The second-order valence-electron chi connectivity index (χ2n) is 6.03. The maximum Gasteiger partial charge on any atom is 0.217 e. The number of ether oxygens (including phenoxy) is 5. The Morgan fingerprint density at radius 3 is 2.56 bits per heavy atom. The number of hydrogen-bond donors (Lipinski definition) is 2. The highest BCUT2D eigenvalue weighted by atomic mass is 16.7. The first kappa shape index (κ1) is 18.1. The van der Waals surface area contributed by atoms with Gasteiger partial charge in [-0.15, -0.1) is 0 Å². The van der Waals surface area contributed by atoms with Gasteiger partial charge in [-0.2, -0.15) is 0 Å². The summed E-state index contributed by atoms with van der Waals surface area (Å²) < 4.78 is 27.8. The van der Waals surface area contributed by atoms with Crippen molar-refractivity contribution in [3.05, 3.63) is 29.8 Å². The third-order valence-electron chi connectivity index (χ3n) is 4.36. The molecule has 0 aliphatic carbocycles. The fourth-order valence-corrected chi connectivity index (χ4v) is 3.11. The van der Waals surface area contributed by atoms with Crippen LogP contribution >= 0.6 is 0 Å². The molecule has 2 fully saturated rings. The molecule has 0 radical (unpaired) electrons. The molecule has 0 unspecified atom stereocenters. The van der Waals surface area contributed by atoms with E-state index >= 15 is 0 Å². The molecule has 3 rings (SSSR count). The molecule has 2 N–H and O–H groups in total. The molecule has 8 heteroatoms. The zero-order valence-electron chi connectivity index (χ0n) is 14.4. The summed E-state index contributed by atoms with van der Waals surface area (Å²) in [5, 5.41) is 13.3. The highest BCUT2D eigenvalue weighted by Gasteiger charge is 2.49. The molecule has 138 valence electrons. The van der Waals surface area contributed by atoms with Crippen molar-refractivity contribution >= 4 is 5.91 Å². The molecular formula is C17H23NO7. The van der Waals surface area contributed by atoms with Crippen molar-refractivity contribution in [1.29, 1.82) is 0 Å². The van der Waals surface area contributed by atoms with Crippen molar-refractivity contribution < 1.29 is 33.6 Å². The van der Waals surface area contributed by atoms with E-state index in [-0.39, 0.29) is 12.5 Å². The molecule has 0 saturated carbocycles. The van der Waals surface area contributed by atoms with E-state index in [0.717, 1.165) is 11.3 Å². The summed E-state index contributed by atoms with van der Waals surface area (Å²) in [7, 11) is 3.05. The zero-order chi connectivity index (χ0) is 18.0. The minimum atomic E-state index is -0.989. The van der Waals surface area contributed by atoms with E-state index in [1.54, 1.807) is 7.11 Å². The molecule has 2 aliphatic heterocycles. The Morgan fingerprint density at radius 2 is 1.96 bits per heavy atom. The Bertz CT molecular complexity index is 593. The second kappa shape index (κ2) is 7.67. The lowest BCUT2D eigenvalue weighted by atomic mass is 9.95. The minimum absolute atomic E-state index is 0.241. The summed E-state index contributed by atoms with van der Waals surface area (Å²) in [6.45, 7) is 1.61. The first-order valence-corrected chi connectivity index (χ1v) is 8.08. The number of aliphatic hydroxyl groups is 1. The number of fused-ring (bicyclic) bond motifs is 1. The van der Waals surface area contributed by atoms with Crippen LogP contribution in [0, 0.1) is 0 Å². The van der Waals surface area contributed by atoms with Crippen LogP contribution in [0.1, 0.15) is 18.8 Å². The molecule has 6 atom stereocenters. The molecule has 1 amide bonds. The monoisotopic (exact) mass is 353 g/mol. The topological polar surface area (TPSA) is 95.5 Å². The molecular weight excluding hydrogens is 330 g/mol. The largest absolute Gasteiger partial charge is 0.497 e. The van der Waals surface area contributed by atoms with Gasteiger partial charge < -0.3 is 34.1 Å². The standard InChI is InChI=1S/C17H23NO7/c1-9(19)18-13-14(20)15-12(24-17(13)22-3)8-23-16(25-15)10-4-6-11(21-2)7-5-10/h4-7,12-17,20H,8H2,1-3H3,(H,18,19)/t12-,13-,14+,15-,16+,17-/m0/s1. The van der Waals surface area contributed by atoms with E-state index < -0.39 is 36.9 Å². The Hall–Kier alpha value is -1.71. The fraction of sp³-hybridized carbons (Fsp3) is 0.588.